The number of anilines is 1. The summed E-state index contributed by atoms with van der Waals surface area (Å²) in [5.41, 5.74) is 3.86. The molecule has 5 aromatic rings. The van der Waals surface area contributed by atoms with E-state index in [0.29, 0.717) is 17.0 Å². The van der Waals surface area contributed by atoms with Crippen molar-refractivity contribution >= 4 is 33.6 Å². The molecule has 1 aromatic carbocycles. The van der Waals surface area contributed by atoms with Crippen molar-refractivity contribution in [2.75, 3.05) is 5.32 Å². The number of nitrogens with zero attached hydrogens (tertiary/aromatic N) is 4. The second-order valence-electron chi connectivity index (χ2n) is 6.52. The van der Waals surface area contributed by atoms with E-state index in [1.54, 1.807) is 41.7 Å². The number of hydrogen-bond acceptors (Lipinski definition) is 5. The lowest BCUT2D eigenvalue weighted by Gasteiger charge is -2.06. The van der Waals surface area contributed by atoms with Gasteiger partial charge in [-0.05, 0) is 30.3 Å². The number of carbonyl (C=O) groups is 1. The Bertz CT molecular complexity index is 1340. The fourth-order valence-electron chi connectivity index (χ4n) is 3.11. The standard InChI is InChI=1S/C21H15N5O2/c1-26-12-17(10-24-26)16-6-15-8-20(23-11-18(15)22-9-16)25-21(27)14-3-2-13-4-5-28-19(13)7-14/h2-12H,1H3,(H,23,25,27). The number of hydrogen-bond donors (Lipinski definition) is 1. The molecule has 7 nitrogen and oxygen atoms in total. The zero-order valence-electron chi connectivity index (χ0n) is 15.0. The van der Waals surface area contributed by atoms with E-state index >= 15 is 0 Å². The number of aromatic nitrogens is 4. The number of carbonyl (C=O) groups excluding carboxylic acids is 1. The van der Waals surface area contributed by atoms with Crippen molar-refractivity contribution in [3.8, 4) is 11.1 Å². The van der Waals surface area contributed by atoms with Crippen LogP contribution >= 0.6 is 0 Å². The normalized spacial score (nSPS) is 11.2. The van der Waals surface area contributed by atoms with Gasteiger partial charge >= 0.3 is 0 Å². The summed E-state index contributed by atoms with van der Waals surface area (Å²) in [6, 6.07) is 11.0. The van der Waals surface area contributed by atoms with E-state index < -0.39 is 0 Å². The van der Waals surface area contributed by atoms with E-state index in [1.165, 1.54) is 0 Å². The van der Waals surface area contributed by atoms with Gasteiger partial charge in [0, 0.05) is 46.9 Å². The van der Waals surface area contributed by atoms with Gasteiger partial charge < -0.3 is 9.73 Å². The van der Waals surface area contributed by atoms with Crippen LogP contribution in [0.2, 0.25) is 0 Å². The van der Waals surface area contributed by atoms with Crippen LogP contribution in [0.15, 0.2) is 71.9 Å². The smallest absolute Gasteiger partial charge is 0.256 e. The van der Waals surface area contributed by atoms with Gasteiger partial charge in [-0.25, -0.2) is 4.98 Å². The lowest BCUT2D eigenvalue weighted by molar-refractivity contribution is 0.102. The third-order valence-electron chi connectivity index (χ3n) is 4.57. The van der Waals surface area contributed by atoms with Gasteiger partial charge in [0.2, 0.25) is 0 Å². The molecule has 0 atom stereocenters. The molecule has 0 radical (unpaired) electrons. The highest BCUT2D eigenvalue weighted by Crippen LogP contribution is 2.24. The first kappa shape index (κ1) is 16.2. The molecule has 4 aromatic heterocycles. The number of pyridine rings is 2. The monoisotopic (exact) mass is 369 g/mol. The molecule has 0 aliphatic rings. The fraction of sp³-hybridized carbons (Fsp3) is 0.0476. The number of aryl methyl sites for hydroxylation is 1. The summed E-state index contributed by atoms with van der Waals surface area (Å²) in [7, 11) is 1.87. The van der Waals surface area contributed by atoms with E-state index in [-0.39, 0.29) is 5.91 Å². The lowest BCUT2D eigenvalue weighted by Crippen LogP contribution is -2.12. The highest BCUT2D eigenvalue weighted by Gasteiger charge is 2.10. The van der Waals surface area contributed by atoms with Crippen molar-refractivity contribution < 1.29 is 9.21 Å². The average molecular weight is 369 g/mol. The van der Waals surface area contributed by atoms with Crippen LogP contribution in [-0.4, -0.2) is 25.7 Å². The van der Waals surface area contributed by atoms with Crippen LogP contribution < -0.4 is 5.32 Å². The number of fused-ring (bicyclic) bond motifs is 2. The Kier molecular flexibility index (Phi) is 3.65. The Morgan fingerprint density at radius 1 is 1.00 bits per heavy atom. The van der Waals surface area contributed by atoms with Gasteiger partial charge in [-0.15, -0.1) is 0 Å². The van der Waals surface area contributed by atoms with Crippen LogP contribution in [0.3, 0.4) is 0 Å². The van der Waals surface area contributed by atoms with E-state index in [1.807, 2.05) is 37.5 Å². The van der Waals surface area contributed by atoms with E-state index in [9.17, 15) is 4.79 Å². The van der Waals surface area contributed by atoms with Crippen molar-refractivity contribution in [2.45, 2.75) is 0 Å². The summed E-state index contributed by atoms with van der Waals surface area (Å²) >= 11 is 0. The molecule has 4 heterocycles. The second kappa shape index (κ2) is 6.31. The molecule has 0 saturated carbocycles. The minimum atomic E-state index is -0.249. The summed E-state index contributed by atoms with van der Waals surface area (Å²) in [4.78, 5) is 21.3. The zero-order valence-corrected chi connectivity index (χ0v) is 15.0. The molecular formula is C21H15N5O2. The molecule has 1 amide bonds. The van der Waals surface area contributed by atoms with Crippen LogP contribution in [0.1, 0.15) is 10.4 Å². The Balaban J connectivity index is 1.45. The molecule has 0 aliphatic heterocycles. The third kappa shape index (κ3) is 2.88. The molecule has 0 bridgehead atoms. The predicted octanol–water partition coefficient (Wildman–Crippen LogP) is 4.03. The minimum Gasteiger partial charge on any atom is -0.464 e. The van der Waals surface area contributed by atoms with Gasteiger partial charge in [-0.1, -0.05) is 6.07 Å². The molecule has 28 heavy (non-hydrogen) atoms. The van der Waals surface area contributed by atoms with Crippen LogP contribution in [0, 0.1) is 0 Å². The number of amides is 1. The average Bonchev–Trinajstić information content (AvgIpc) is 3.35. The Labute approximate surface area is 159 Å². The predicted molar refractivity (Wildman–Crippen MR) is 106 cm³/mol. The van der Waals surface area contributed by atoms with Gasteiger partial charge in [0.15, 0.2) is 0 Å². The van der Waals surface area contributed by atoms with E-state index in [0.717, 1.165) is 27.4 Å². The number of nitrogens with one attached hydrogen (secondary N) is 1. The summed E-state index contributed by atoms with van der Waals surface area (Å²) in [5.74, 6) is 0.212. The zero-order chi connectivity index (χ0) is 19.1. The van der Waals surface area contributed by atoms with Gasteiger partial charge in [-0.3, -0.25) is 14.5 Å². The topological polar surface area (TPSA) is 85.8 Å². The van der Waals surface area contributed by atoms with E-state index in [2.05, 4.69) is 20.4 Å². The molecule has 0 aliphatic carbocycles. The van der Waals surface area contributed by atoms with Gasteiger partial charge in [0.1, 0.15) is 11.4 Å². The number of benzene rings is 1. The minimum absolute atomic E-state index is 0.249. The van der Waals surface area contributed by atoms with Gasteiger partial charge in [0.05, 0.1) is 24.2 Å². The van der Waals surface area contributed by atoms with Gasteiger partial charge in [0.25, 0.3) is 5.91 Å². The molecule has 0 spiro atoms. The van der Waals surface area contributed by atoms with Crippen molar-refractivity contribution in [1.82, 2.24) is 19.7 Å². The fourth-order valence-corrected chi connectivity index (χ4v) is 3.11. The van der Waals surface area contributed by atoms with Crippen LogP contribution in [0.5, 0.6) is 0 Å². The SMILES string of the molecule is Cn1cc(-c2cnc3cnc(NC(=O)c4ccc5ccoc5c4)cc3c2)cn1. The highest BCUT2D eigenvalue weighted by molar-refractivity contribution is 6.06. The molecule has 0 saturated heterocycles. The Morgan fingerprint density at radius 2 is 1.93 bits per heavy atom. The molecule has 5 rings (SSSR count). The van der Waals surface area contributed by atoms with Crippen LogP contribution in [0.25, 0.3) is 33.0 Å². The molecule has 0 unspecified atom stereocenters. The van der Waals surface area contributed by atoms with Crippen molar-refractivity contribution in [3.63, 3.8) is 0 Å². The number of furan rings is 1. The van der Waals surface area contributed by atoms with Crippen LogP contribution in [-0.2, 0) is 7.05 Å². The highest BCUT2D eigenvalue weighted by atomic mass is 16.3. The third-order valence-corrected chi connectivity index (χ3v) is 4.57. The second-order valence-corrected chi connectivity index (χ2v) is 6.52. The van der Waals surface area contributed by atoms with Gasteiger partial charge in [-0.2, -0.15) is 5.10 Å². The van der Waals surface area contributed by atoms with Crippen molar-refractivity contribution in [1.29, 1.82) is 0 Å². The lowest BCUT2D eigenvalue weighted by atomic mass is 10.1. The Hall–Kier alpha value is -4.00. The maximum Gasteiger partial charge on any atom is 0.256 e. The maximum absolute atomic E-state index is 12.6. The first-order valence-corrected chi connectivity index (χ1v) is 8.69. The summed E-state index contributed by atoms with van der Waals surface area (Å²) in [5, 5.41) is 8.86. The quantitative estimate of drug-likeness (QED) is 0.519. The largest absolute Gasteiger partial charge is 0.464 e. The first-order chi connectivity index (χ1) is 13.7. The molecule has 0 fully saturated rings. The molecule has 136 valence electrons. The van der Waals surface area contributed by atoms with E-state index in [4.69, 9.17) is 4.42 Å². The summed E-state index contributed by atoms with van der Waals surface area (Å²) in [6.07, 6.45) is 8.75. The molecular weight excluding hydrogens is 354 g/mol. The summed E-state index contributed by atoms with van der Waals surface area (Å²) < 4.78 is 7.11. The Morgan fingerprint density at radius 3 is 2.79 bits per heavy atom. The maximum atomic E-state index is 12.6. The number of rotatable bonds is 3. The van der Waals surface area contributed by atoms with Crippen molar-refractivity contribution in [3.05, 3.63) is 73.0 Å². The summed E-state index contributed by atoms with van der Waals surface area (Å²) in [6.45, 7) is 0. The van der Waals surface area contributed by atoms with Crippen molar-refractivity contribution in [2.24, 2.45) is 7.05 Å². The molecule has 1 N–H and O–H groups in total. The van der Waals surface area contributed by atoms with Crippen LogP contribution in [0.4, 0.5) is 5.82 Å². The first-order valence-electron chi connectivity index (χ1n) is 8.69. The molecule has 7 heteroatoms.